The summed E-state index contributed by atoms with van der Waals surface area (Å²) >= 11 is 0. The Morgan fingerprint density at radius 3 is 1.64 bits per heavy atom. The molecule has 0 heterocycles. The van der Waals surface area contributed by atoms with Crippen molar-refractivity contribution in [2.24, 2.45) is 0 Å². The molecule has 9 aromatic rings. The molecule has 0 N–H and O–H groups in total. The van der Waals surface area contributed by atoms with Gasteiger partial charge < -0.3 is 4.90 Å². The van der Waals surface area contributed by atoms with Gasteiger partial charge in [-0.3, -0.25) is 0 Å². The van der Waals surface area contributed by atoms with Gasteiger partial charge in [-0.05, 0) is 114 Å². The predicted octanol–water partition coefficient (Wildman–Crippen LogP) is 15.3. The van der Waals surface area contributed by atoms with E-state index in [9.17, 15) is 2.74 Å². The first-order valence-electron chi connectivity index (χ1n) is 21.2. The highest BCUT2D eigenvalue weighted by Crippen LogP contribution is 2.52. The maximum atomic E-state index is 9.84. The summed E-state index contributed by atoms with van der Waals surface area (Å²) in [5.74, 6) is 0. The number of hydrogen-bond donors (Lipinski definition) is 0. The molecule has 1 aliphatic carbocycles. The molecule has 1 heteroatoms. The zero-order chi connectivity index (χ0) is 41.1. The molecule has 0 aliphatic heterocycles. The highest BCUT2D eigenvalue weighted by molar-refractivity contribution is 5.97. The van der Waals surface area contributed by atoms with Crippen LogP contribution >= 0.6 is 0 Å². The van der Waals surface area contributed by atoms with Crippen LogP contribution in [0.3, 0.4) is 0 Å². The van der Waals surface area contributed by atoms with Gasteiger partial charge in [0.15, 0.2) is 0 Å². The summed E-state index contributed by atoms with van der Waals surface area (Å²) in [5.41, 5.74) is 14.4. The highest BCUT2D eigenvalue weighted by atomic mass is 15.1. The Morgan fingerprint density at radius 1 is 0.393 bits per heavy atom. The van der Waals surface area contributed by atoms with Gasteiger partial charge in [0.1, 0.15) is 0 Å². The molecule has 56 heavy (non-hydrogen) atoms. The van der Waals surface area contributed by atoms with Crippen molar-refractivity contribution in [3.63, 3.8) is 0 Å². The third-order valence-corrected chi connectivity index (χ3v) is 11.4. The van der Waals surface area contributed by atoms with E-state index in [1.165, 1.54) is 33.4 Å². The van der Waals surface area contributed by atoms with Crippen LogP contribution in [0.15, 0.2) is 212 Å². The second kappa shape index (κ2) is 13.7. The van der Waals surface area contributed by atoms with Gasteiger partial charge in [-0.2, -0.15) is 0 Å². The molecule has 0 fully saturated rings. The Morgan fingerprint density at radius 2 is 0.911 bits per heavy atom. The minimum atomic E-state index is -0.220. The predicted molar refractivity (Wildman–Crippen MR) is 238 cm³/mol. The van der Waals surface area contributed by atoms with Crippen LogP contribution in [0.2, 0.25) is 0 Å². The molecular weight excluding hydrogens is 675 g/mol. The average Bonchev–Trinajstić information content (AvgIpc) is 3.54. The van der Waals surface area contributed by atoms with Gasteiger partial charge in [0.25, 0.3) is 0 Å². The molecule has 0 saturated carbocycles. The van der Waals surface area contributed by atoms with E-state index in [1.807, 2.05) is 77.7 Å². The molecule has 266 valence electrons. The molecule has 1 aliphatic rings. The van der Waals surface area contributed by atoms with Crippen LogP contribution in [0.5, 0.6) is 0 Å². The minimum Gasteiger partial charge on any atom is -0.310 e. The maximum Gasteiger partial charge on any atom is 0.0651 e. The Hall–Kier alpha value is -6.96. The zero-order valence-electron chi connectivity index (χ0n) is 35.3. The quantitative estimate of drug-likeness (QED) is 0.159. The standard InChI is InChI=1S/C55H41N/c1-55(2)53-24-9-8-20-51(53)52-23-12-22-50(54(52)55)43-31-35-46(36-32-43)56(47-18-10-17-44(37-47)49-21-11-16-42-15-6-7-19-48(42)49)45-33-29-41(30-34-45)40-27-25-39(26-28-40)38-13-4-3-5-14-38/h3-37H,1-2H3/i10D,17D,18D,37D. The van der Waals surface area contributed by atoms with Gasteiger partial charge in [-0.1, -0.05) is 190 Å². The third-order valence-electron chi connectivity index (χ3n) is 11.4. The number of hydrogen-bond acceptors (Lipinski definition) is 1. The van der Waals surface area contributed by atoms with Crippen LogP contribution in [0, 0.1) is 0 Å². The summed E-state index contributed by atoms with van der Waals surface area (Å²) in [6.07, 6.45) is 0. The number of nitrogens with zero attached hydrogens (tertiary/aromatic N) is 1. The molecule has 0 atom stereocenters. The SMILES string of the molecule is [2H]c1c([2H])c(-c2cccc3ccccc23)c([2H])c(N(c2ccc(-c3ccc(-c4ccccc4)cc3)cc2)c2ccc(-c3cccc4c3C(C)(C)c3ccccc3-4)cc2)c1[2H]. The summed E-state index contributed by atoms with van der Waals surface area (Å²) in [6.45, 7) is 4.60. The van der Waals surface area contributed by atoms with Crippen LogP contribution in [-0.4, -0.2) is 0 Å². The summed E-state index contributed by atoms with van der Waals surface area (Å²) in [6, 6.07) is 63.9. The van der Waals surface area contributed by atoms with E-state index in [4.69, 9.17) is 2.74 Å². The molecule has 0 spiro atoms. The Kier molecular flexibility index (Phi) is 7.20. The first kappa shape index (κ1) is 29.4. The van der Waals surface area contributed by atoms with Gasteiger partial charge in [-0.25, -0.2) is 0 Å². The Balaban J connectivity index is 1.12. The molecule has 0 amide bonds. The third kappa shape index (κ3) is 5.81. The lowest BCUT2D eigenvalue weighted by atomic mass is 9.79. The van der Waals surface area contributed by atoms with Crippen LogP contribution in [-0.2, 0) is 5.41 Å². The average molecular weight is 720 g/mol. The lowest BCUT2D eigenvalue weighted by Crippen LogP contribution is -2.16. The van der Waals surface area contributed by atoms with E-state index in [0.29, 0.717) is 11.1 Å². The van der Waals surface area contributed by atoms with Crippen molar-refractivity contribution in [1.82, 2.24) is 0 Å². The lowest BCUT2D eigenvalue weighted by molar-refractivity contribution is 0.662. The summed E-state index contributed by atoms with van der Waals surface area (Å²) < 4.78 is 37.5. The second-order valence-electron chi connectivity index (χ2n) is 15.0. The Labute approximate surface area is 335 Å². The fourth-order valence-corrected chi connectivity index (χ4v) is 8.60. The molecule has 0 aromatic heterocycles. The van der Waals surface area contributed by atoms with E-state index in [2.05, 4.69) is 129 Å². The molecule has 9 aromatic carbocycles. The number of benzene rings is 9. The normalized spacial score (nSPS) is 13.6. The largest absolute Gasteiger partial charge is 0.310 e. The zero-order valence-corrected chi connectivity index (χ0v) is 31.3. The van der Waals surface area contributed by atoms with Gasteiger partial charge in [-0.15, -0.1) is 0 Å². The number of rotatable bonds is 7. The molecule has 0 radical (unpaired) electrons. The van der Waals surface area contributed by atoms with Crippen molar-refractivity contribution >= 4 is 27.8 Å². The van der Waals surface area contributed by atoms with Crippen molar-refractivity contribution in [3.8, 4) is 55.6 Å². The fourth-order valence-electron chi connectivity index (χ4n) is 8.60. The molecule has 1 nitrogen and oxygen atoms in total. The Bertz CT molecular complexity index is 3070. The number of fused-ring (bicyclic) bond motifs is 4. The van der Waals surface area contributed by atoms with E-state index >= 15 is 0 Å². The smallest absolute Gasteiger partial charge is 0.0651 e. The molecular formula is C55H41N. The highest BCUT2D eigenvalue weighted by Gasteiger charge is 2.37. The van der Waals surface area contributed by atoms with Crippen molar-refractivity contribution in [3.05, 3.63) is 223 Å². The number of anilines is 3. The minimum absolute atomic E-state index is 0.0300. The molecule has 0 unspecified atom stereocenters. The summed E-state index contributed by atoms with van der Waals surface area (Å²) in [4.78, 5) is 1.91. The summed E-state index contributed by atoms with van der Waals surface area (Å²) in [5, 5.41) is 1.87. The van der Waals surface area contributed by atoms with Gasteiger partial charge in [0, 0.05) is 22.5 Å². The van der Waals surface area contributed by atoms with Gasteiger partial charge >= 0.3 is 0 Å². The van der Waals surface area contributed by atoms with Crippen molar-refractivity contribution in [2.75, 3.05) is 4.90 Å². The van der Waals surface area contributed by atoms with E-state index in [0.717, 1.165) is 44.4 Å². The van der Waals surface area contributed by atoms with Crippen molar-refractivity contribution < 1.29 is 5.48 Å². The first-order valence-corrected chi connectivity index (χ1v) is 19.2. The first-order chi connectivity index (χ1) is 29.2. The summed E-state index contributed by atoms with van der Waals surface area (Å²) in [7, 11) is 0. The van der Waals surface area contributed by atoms with Crippen LogP contribution in [0.4, 0.5) is 17.1 Å². The van der Waals surface area contributed by atoms with E-state index in [1.54, 1.807) is 0 Å². The fraction of sp³-hybridized carbons (Fsp3) is 0.0545. The second-order valence-corrected chi connectivity index (χ2v) is 15.0. The van der Waals surface area contributed by atoms with Gasteiger partial charge in [0.2, 0.25) is 0 Å². The maximum absolute atomic E-state index is 9.84. The van der Waals surface area contributed by atoms with E-state index < -0.39 is 0 Å². The lowest BCUT2D eigenvalue weighted by Gasteiger charge is -2.27. The molecule has 10 rings (SSSR count). The van der Waals surface area contributed by atoms with E-state index in [-0.39, 0.29) is 35.3 Å². The monoisotopic (exact) mass is 719 g/mol. The van der Waals surface area contributed by atoms with Crippen molar-refractivity contribution in [2.45, 2.75) is 19.3 Å². The topological polar surface area (TPSA) is 3.24 Å². The molecule has 0 bridgehead atoms. The van der Waals surface area contributed by atoms with Gasteiger partial charge in [0.05, 0.1) is 5.48 Å². The van der Waals surface area contributed by atoms with Crippen LogP contribution in [0.1, 0.15) is 30.5 Å². The van der Waals surface area contributed by atoms with Crippen molar-refractivity contribution in [1.29, 1.82) is 0 Å². The molecule has 0 saturated heterocycles. The van der Waals surface area contributed by atoms with Crippen LogP contribution in [0.25, 0.3) is 66.4 Å². The van der Waals surface area contributed by atoms with Crippen LogP contribution < -0.4 is 4.90 Å².